The molecule has 0 saturated carbocycles. The van der Waals surface area contributed by atoms with Crippen molar-refractivity contribution in [1.82, 2.24) is 0 Å². The minimum Gasteiger partial charge on any atom is -0.468 e. The van der Waals surface area contributed by atoms with E-state index in [2.05, 4.69) is 10.6 Å². The number of amides is 2. The quantitative estimate of drug-likeness (QED) is 0.837. The van der Waals surface area contributed by atoms with Crippen LogP contribution in [0.25, 0.3) is 0 Å². The maximum atomic E-state index is 13.1. The fourth-order valence-electron chi connectivity index (χ4n) is 2.01. The van der Waals surface area contributed by atoms with Crippen LogP contribution in [0.3, 0.4) is 0 Å². The molecule has 2 N–H and O–H groups in total. The Morgan fingerprint density at radius 2 is 1.91 bits per heavy atom. The molecule has 0 bridgehead atoms. The average Bonchev–Trinajstić information content (AvgIpc) is 2.50. The van der Waals surface area contributed by atoms with Crippen LogP contribution in [0.1, 0.15) is 0 Å². The highest BCUT2D eigenvalue weighted by molar-refractivity contribution is 6.15. The topological polar surface area (TPSA) is 67.4 Å². The Morgan fingerprint density at radius 3 is 2.68 bits per heavy atom. The summed E-state index contributed by atoms with van der Waals surface area (Å²) >= 11 is 0. The number of para-hydroxylation sites is 2. The van der Waals surface area contributed by atoms with E-state index in [1.807, 2.05) is 0 Å². The summed E-state index contributed by atoms with van der Waals surface area (Å²) in [4.78, 5) is 23.9. The van der Waals surface area contributed by atoms with Crippen molar-refractivity contribution in [2.75, 3.05) is 10.6 Å². The van der Waals surface area contributed by atoms with Crippen molar-refractivity contribution in [3.63, 3.8) is 0 Å². The minimum absolute atomic E-state index is 0.0270. The molecule has 2 amide bonds. The summed E-state index contributed by atoms with van der Waals surface area (Å²) < 4.78 is 31.3. The molecular weight excluding hydrogens is 294 g/mol. The Balaban J connectivity index is 1.78. The number of carbonyl (C=O) groups is 2. The monoisotopic (exact) mass is 304 g/mol. The number of fused-ring (bicyclic) bond motifs is 1. The van der Waals surface area contributed by atoms with Gasteiger partial charge in [-0.2, -0.15) is 0 Å². The summed E-state index contributed by atoms with van der Waals surface area (Å²) in [6.07, 6.45) is -1.41. The third-order valence-corrected chi connectivity index (χ3v) is 3.05. The van der Waals surface area contributed by atoms with Gasteiger partial charge in [0.2, 0.25) is 0 Å². The highest BCUT2D eigenvalue weighted by Crippen LogP contribution is 2.29. The summed E-state index contributed by atoms with van der Waals surface area (Å²) in [6, 6.07) is 9.53. The van der Waals surface area contributed by atoms with E-state index in [0.717, 1.165) is 12.1 Å². The molecule has 0 unspecified atom stereocenters. The summed E-state index contributed by atoms with van der Waals surface area (Å²) in [5.41, 5.74) is 0.489. The zero-order chi connectivity index (χ0) is 15.7. The van der Waals surface area contributed by atoms with Gasteiger partial charge in [-0.25, -0.2) is 8.78 Å². The fraction of sp³-hybridized carbons (Fsp3) is 0.0667. The second-order valence-electron chi connectivity index (χ2n) is 4.60. The van der Waals surface area contributed by atoms with E-state index in [4.69, 9.17) is 4.74 Å². The molecule has 0 spiro atoms. The Bertz CT molecular complexity index is 764. The van der Waals surface area contributed by atoms with Crippen LogP contribution in [0, 0.1) is 11.6 Å². The van der Waals surface area contributed by atoms with Gasteiger partial charge in [0.1, 0.15) is 5.75 Å². The number of anilines is 2. The third kappa shape index (κ3) is 2.60. The van der Waals surface area contributed by atoms with Crippen LogP contribution in [-0.4, -0.2) is 17.9 Å². The predicted molar refractivity (Wildman–Crippen MR) is 74.5 cm³/mol. The Labute approximate surface area is 123 Å². The molecule has 22 heavy (non-hydrogen) atoms. The summed E-state index contributed by atoms with van der Waals surface area (Å²) in [5.74, 6) is -3.19. The highest BCUT2D eigenvalue weighted by Gasteiger charge is 2.33. The van der Waals surface area contributed by atoms with Crippen LogP contribution < -0.4 is 15.4 Å². The zero-order valence-corrected chi connectivity index (χ0v) is 11.1. The lowest BCUT2D eigenvalue weighted by Gasteiger charge is -2.24. The van der Waals surface area contributed by atoms with Crippen molar-refractivity contribution in [3.05, 3.63) is 54.1 Å². The van der Waals surface area contributed by atoms with E-state index in [9.17, 15) is 18.4 Å². The lowest BCUT2D eigenvalue weighted by atomic mass is 10.2. The normalized spacial score (nSPS) is 16.3. The van der Waals surface area contributed by atoms with E-state index in [1.165, 1.54) is 6.07 Å². The molecule has 0 fully saturated rings. The van der Waals surface area contributed by atoms with Crippen LogP contribution in [0.4, 0.5) is 20.2 Å². The summed E-state index contributed by atoms with van der Waals surface area (Å²) in [5, 5.41) is 4.85. The molecule has 3 rings (SSSR count). The molecule has 1 atom stereocenters. The Morgan fingerprint density at radius 1 is 1.14 bits per heavy atom. The number of hydrogen-bond acceptors (Lipinski definition) is 3. The van der Waals surface area contributed by atoms with Crippen LogP contribution in [0.15, 0.2) is 42.5 Å². The van der Waals surface area contributed by atoms with Gasteiger partial charge >= 0.3 is 0 Å². The SMILES string of the molecule is O=C(Nc1ccc(F)c(F)c1)[C@H]1Oc2ccccc2NC1=O. The molecule has 0 saturated heterocycles. The van der Waals surface area contributed by atoms with Crippen molar-refractivity contribution in [2.24, 2.45) is 0 Å². The maximum Gasteiger partial charge on any atom is 0.275 e. The summed E-state index contributed by atoms with van der Waals surface area (Å²) in [7, 11) is 0. The number of ether oxygens (including phenoxy) is 1. The number of carbonyl (C=O) groups excluding carboxylic acids is 2. The molecule has 0 aliphatic carbocycles. The molecule has 7 heteroatoms. The molecule has 112 valence electrons. The molecule has 0 radical (unpaired) electrons. The van der Waals surface area contributed by atoms with Crippen molar-refractivity contribution in [1.29, 1.82) is 0 Å². The molecule has 1 aliphatic heterocycles. The zero-order valence-electron chi connectivity index (χ0n) is 11.1. The summed E-state index contributed by atoms with van der Waals surface area (Å²) in [6.45, 7) is 0. The molecule has 1 aliphatic rings. The van der Waals surface area contributed by atoms with Crippen LogP contribution in [-0.2, 0) is 9.59 Å². The molecule has 1 heterocycles. The van der Waals surface area contributed by atoms with E-state index < -0.39 is 29.6 Å². The molecule has 2 aromatic rings. The van der Waals surface area contributed by atoms with Gasteiger partial charge in [-0.1, -0.05) is 12.1 Å². The van der Waals surface area contributed by atoms with Gasteiger partial charge in [0.15, 0.2) is 11.6 Å². The van der Waals surface area contributed by atoms with Gasteiger partial charge in [-0.15, -0.1) is 0 Å². The number of rotatable bonds is 2. The van der Waals surface area contributed by atoms with Crippen LogP contribution >= 0.6 is 0 Å². The van der Waals surface area contributed by atoms with Gasteiger partial charge in [0.25, 0.3) is 17.9 Å². The highest BCUT2D eigenvalue weighted by atomic mass is 19.2. The maximum absolute atomic E-state index is 13.1. The van der Waals surface area contributed by atoms with Crippen molar-refractivity contribution < 1.29 is 23.1 Å². The number of nitrogens with one attached hydrogen (secondary N) is 2. The first-order chi connectivity index (χ1) is 10.5. The average molecular weight is 304 g/mol. The van der Waals surface area contributed by atoms with Crippen molar-refractivity contribution >= 4 is 23.2 Å². The lowest BCUT2D eigenvalue weighted by Crippen LogP contribution is -2.45. The first kappa shape index (κ1) is 14.0. The Kier molecular flexibility index (Phi) is 3.46. The molecule has 5 nitrogen and oxygen atoms in total. The van der Waals surface area contributed by atoms with Crippen molar-refractivity contribution in [3.8, 4) is 5.75 Å². The fourth-order valence-corrected chi connectivity index (χ4v) is 2.01. The van der Waals surface area contributed by atoms with Crippen LogP contribution in [0.2, 0.25) is 0 Å². The van der Waals surface area contributed by atoms with Gasteiger partial charge in [0.05, 0.1) is 5.69 Å². The molecule has 0 aromatic heterocycles. The Hall–Kier alpha value is -2.96. The molecule has 2 aromatic carbocycles. The van der Waals surface area contributed by atoms with Crippen molar-refractivity contribution in [2.45, 2.75) is 6.10 Å². The first-order valence-corrected chi connectivity index (χ1v) is 6.37. The van der Waals surface area contributed by atoms with E-state index in [-0.39, 0.29) is 5.69 Å². The van der Waals surface area contributed by atoms with E-state index in [0.29, 0.717) is 11.4 Å². The van der Waals surface area contributed by atoms with Crippen LogP contribution in [0.5, 0.6) is 5.75 Å². The minimum atomic E-state index is -1.41. The smallest absolute Gasteiger partial charge is 0.275 e. The largest absolute Gasteiger partial charge is 0.468 e. The van der Waals surface area contributed by atoms with Gasteiger partial charge in [0, 0.05) is 11.8 Å². The van der Waals surface area contributed by atoms with Gasteiger partial charge in [-0.05, 0) is 24.3 Å². The third-order valence-electron chi connectivity index (χ3n) is 3.05. The lowest BCUT2D eigenvalue weighted by molar-refractivity contribution is -0.133. The second-order valence-corrected chi connectivity index (χ2v) is 4.60. The van der Waals surface area contributed by atoms with Gasteiger partial charge in [-0.3, -0.25) is 9.59 Å². The predicted octanol–water partition coefficient (Wildman–Crippen LogP) is 2.30. The second kappa shape index (κ2) is 5.44. The molecular formula is C15H10F2N2O3. The van der Waals surface area contributed by atoms with E-state index in [1.54, 1.807) is 24.3 Å². The number of benzene rings is 2. The number of halogens is 2. The first-order valence-electron chi connectivity index (χ1n) is 6.37. The number of hydrogen-bond donors (Lipinski definition) is 2. The van der Waals surface area contributed by atoms with Gasteiger partial charge < -0.3 is 15.4 Å². The standard InChI is InChI=1S/C15H10F2N2O3/c16-9-6-5-8(7-10(9)17)18-14(20)13-15(21)19-11-3-1-2-4-12(11)22-13/h1-7,13H,(H,18,20)(H,19,21)/t13-/m1/s1. The van der Waals surface area contributed by atoms with E-state index >= 15 is 0 Å².